The number of esters is 3. The van der Waals surface area contributed by atoms with Crippen LogP contribution in [0.15, 0.2) is 78.9 Å². The number of ether oxygens (including phenoxy) is 3. The van der Waals surface area contributed by atoms with Gasteiger partial charge in [0.25, 0.3) is 0 Å². The Morgan fingerprint density at radius 1 is 0.633 bits per heavy atom. The van der Waals surface area contributed by atoms with E-state index in [0.29, 0.717) is 0 Å². The molecule has 0 aliphatic rings. The smallest absolute Gasteiger partial charge is 0.339 e. The van der Waals surface area contributed by atoms with Crippen LogP contribution in [0.2, 0.25) is 0 Å². The Morgan fingerprint density at radius 2 is 1.13 bits per heavy atom. The van der Waals surface area contributed by atoms with E-state index in [9.17, 15) is 14.4 Å². The Labute approximate surface area is 174 Å². The molecule has 0 aliphatic heterocycles. The summed E-state index contributed by atoms with van der Waals surface area (Å²) in [6.45, 7) is 0. The molecule has 0 aromatic heterocycles. The molecular weight excluding hydrogens is 384 g/mol. The summed E-state index contributed by atoms with van der Waals surface area (Å²) in [6.07, 6.45) is -0.637. The van der Waals surface area contributed by atoms with Crippen molar-refractivity contribution in [1.29, 1.82) is 0 Å². The van der Waals surface area contributed by atoms with E-state index in [0.717, 1.165) is 11.1 Å². The number of methoxy groups -OCH3 is 2. The van der Waals surface area contributed by atoms with E-state index in [1.807, 2.05) is 60.7 Å². The lowest BCUT2D eigenvalue weighted by Crippen LogP contribution is -2.16. The van der Waals surface area contributed by atoms with Crippen molar-refractivity contribution in [2.75, 3.05) is 14.2 Å². The van der Waals surface area contributed by atoms with Crippen LogP contribution in [-0.2, 0) is 14.2 Å². The number of benzene rings is 3. The number of carbonyl (C=O) groups is 3. The number of carbonyl (C=O) groups excluding carboxylic acids is 3. The predicted molar refractivity (Wildman–Crippen MR) is 109 cm³/mol. The standard InChI is InChI=1S/C24H20O6/c1-28-23(26)19-14-13-18(15-20(19)24(27)29-2)22(25)30-21(16-9-5-3-6-10-16)17-11-7-4-8-12-17/h3-15,21H,1-2H3. The predicted octanol–water partition coefficient (Wildman–Crippen LogP) is 4.21. The second kappa shape index (κ2) is 9.52. The van der Waals surface area contributed by atoms with Crippen molar-refractivity contribution in [3.05, 3.63) is 107 Å². The first-order valence-electron chi connectivity index (χ1n) is 9.16. The second-order valence-corrected chi connectivity index (χ2v) is 6.35. The van der Waals surface area contributed by atoms with Crippen LogP contribution in [0.3, 0.4) is 0 Å². The molecule has 6 heteroatoms. The minimum Gasteiger partial charge on any atom is -0.465 e. The lowest BCUT2D eigenvalue weighted by atomic mass is 10.0. The maximum atomic E-state index is 12.9. The van der Waals surface area contributed by atoms with Gasteiger partial charge in [0.05, 0.1) is 30.9 Å². The molecule has 30 heavy (non-hydrogen) atoms. The first kappa shape index (κ1) is 20.8. The molecule has 6 nitrogen and oxygen atoms in total. The Hall–Kier alpha value is -3.93. The molecule has 0 fully saturated rings. The summed E-state index contributed by atoms with van der Waals surface area (Å²) in [5, 5.41) is 0. The molecule has 0 atom stereocenters. The van der Waals surface area contributed by atoms with Crippen LogP contribution in [0.5, 0.6) is 0 Å². The van der Waals surface area contributed by atoms with E-state index in [4.69, 9.17) is 9.47 Å². The van der Waals surface area contributed by atoms with Gasteiger partial charge in [-0.05, 0) is 29.3 Å². The van der Waals surface area contributed by atoms with Crippen LogP contribution in [0.1, 0.15) is 48.3 Å². The van der Waals surface area contributed by atoms with Gasteiger partial charge in [0.2, 0.25) is 0 Å². The van der Waals surface area contributed by atoms with Crippen LogP contribution in [0.4, 0.5) is 0 Å². The summed E-state index contributed by atoms with van der Waals surface area (Å²) in [7, 11) is 2.39. The van der Waals surface area contributed by atoms with E-state index in [1.54, 1.807) is 0 Å². The molecule has 0 saturated heterocycles. The van der Waals surface area contributed by atoms with Gasteiger partial charge in [-0.3, -0.25) is 0 Å². The fraction of sp³-hybridized carbons (Fsp3) is 0.125. The Balaban J connectivity index is 1.96. The molecule has 0 spiro atoms. The molecule has 3 rings (SSSR count). The molecule has 0 saturated carbocycles. The van der Waals surface area contributed by atoms with Gasteiger partial charge < -0.3 is 14.2 Å². The third kappa shape index (κ3) is 4.55. The van der Waals surface area contributed by atoms with Crippen LogP contribution in [-0.4, -0.2) is 32.1 Å². The number of hydrogen-bond donors (Lipinski definition) is 0. The van der Waals surface area contributed by atoms with E-state index >= 15 is 0 Å². The minimum atomic E-state index is -0.757. The molecule has 3 aromatic carbocycles. The van der Waals surface area contributed by atoms with Gasteiger partial charge >= 0.3 is 17.9 Å². The Kier molecular flexibility index (Phi) is 6.60. The fourth-order valence-electron chi connectivity index (χ4n) is 3.00. The molecule has 152 valence electrons. The average Bonchev–Trinajstić information content (AvgIpc) is 2.82. The third-order valence-electron chi connectivity index (χ3n) is 4.50. The van der Waals surface area contributed by atoms with Crippen molar-refractivity contribution in [2.45, 2.75) is 6.10 Å². The van der Waals surface area contributed by atoms with Crippen molar-refractivity contribution in [1.82, 2.24) is 0 Å². The average molecular weight is 404 g/mol. The van der Waals surface area contributed by atoms with Crippen molar-refractivity contribution >= 4 is 17.9 Å². The van der Waals surface area contributed by atoms with Gasteiger partial charge in [0, 0.05) is 0 Å². The monoisotopic (exact) mass is 404 g/mol. The van der Waals surface area contributed by atoms with E-state index in [2.05, 4.69) is 4.74 Å². The van der Waals surface area contributed by atoms with Crippen molar-refractivity contribution in [3.63, 3.8) is 0 Å². The van der Waals surface area contributed by atoms with Crippen LogP contribution < -0.4 is 0 Å². The molecule has 0 N–H and O–H groups in total. The zero-order chi connectivity index (χ0) is 21.5. The quantitative estimate of drug-likeness (QED) is 0.452. The van der Waals surface area contributed by atoms with Gasteiger partial charge in [-0.25, -0.2) is 14.4 Å². The van der Waals surface area contributed by atoms with E-state index in [1.165, 1.54) is 32.4 Å². The lowest BCUT2D eigenvalue weighted by molar-refractivity contribution is 0.0377. The van der Waals surface area contributed by atoms with Crippen molar-refractivity contribution < 1.29 is 28.6 Å². The summed E-state index contributed by atoms with van der Waals surface area (Å²) in [5.41, 5.74) is 1.64. The van der Waals surface area contributed by atoms with Gasteiger partial charge in [0.15, 0.2) is 6.10 Å². The SMILES string of the molecule is COC(=O)c1ccc(C(=O)OC(c2ccccc2)c2ccccc2)cc1C(=O)OC. The summed E-state index contributed by atoms with van der Waals surface area (Å²) < 4.78 is 15.2. The highest BCUT2D eigenvalue weighted by Crippen LogP contribution is 2.27. The topological polar surface area (TPSA) is 78.9 Å². The van der Waals surface area contributed by atoms with Crippen molar-refractivity contribution in [2.24, 2.45) is 0 Å². The van der Waals surface area contributed by atoms with Gasteiger partial charge in [-0.15, -0.1) is 0 Å². The van der Waals surface area contributed by atoms with Crippen LogP contribution >= 0.6 is 0 Å². The summed E-state index contributed by atoms with van der Waals surface area (Å²) >= 11 is 0. The highest BCUT2D eigenvalue weighted by molar-refractivity contribution is 6.05. The molecule has 3 aromatic rings. The zero-order valence-electron chi connectivity index (χ0n) is 16.5. The maximum Gasteiger partial charge on any atom is 0.339 e. The Morgan fingerprint density at radius 3 is 1.63 bits per heavy atom. The largest absolute Gasteiger partial charge is 0.465 e. The van der Waals surface area contributed by atoms with E-state index in [-0.39, 0.29) is 16.7 Å². The maximum absolute atomic E-state index is 12.9. The second-order valence-electron chi connectivity index (χ2n) is 6.35. The molecule has 0 radical (unpaired) electrons. The number of rotatable bonds is 6. The molecule has 0 unspecified atom stereocenters. The molecule has 0 bridgehead atoms. The molecule has 0 aliphatic carbocycles. The van der Waals surface area contributed by atoms with Crippen LogP contribution in [0.25, 0.3) is 0 Å². The zero-order valence-corrected chi connectivity index (χ0v) is 16.5. The normalized spacial score (nSPS) is 10.4. The van der Waals surface area contributed by atoms with Crippen molar-refractivity contribution in [3.8, 4) is 0 Å². The first-order chi connectivity index (χ1) is 14.5. The molecular formula is C24H20O6. The van der Waals surface area contributed by atoms with Crippen LogP contribution in [0, 0.1) is 0 Å². The van der Waals surface area contributed by atoms with Gasteiger partial charge in [-0.1, -0.05) is 60.7 Å². The first-order valence-corrected chi connectivity index (χ1v) is 9.16. The minimum absolute atomic E-state index is 0.00330. The number of hydrogen-bond acceptors (Lipinski definition) is 6. The Bertz CT molecular complexity index is 1000. The molecule has 0 heterocycles. The summed E-state index contributed by atoms with van der Waals surface area (Å²) in [5.74, 6) is -2.11. The fourth-order valence-corrected chi connectivity index (χ4v) is 3.00. The summed E-state index contributed by atoms with van der Waals surface area (Å²) in [6, 6.07) is 22.7. The highest BCUT2D eigenvalue weighted by Gasteiger charge is 2.24. The summed E-state index contributed by atoms with van der Waals surface area (Å²) in [4.78, 5) is 37.0. The molecule has 0 amide bonds. The van der Waals surface area contributed by atoms with E-state index < -0.39 is 24.0 Å². The highest BCUT2D eigenvalue weighted by atomic mass is 16.5. The van der Waals surface area contributed by atoms with Gasteiger partial charge in [0.1, 0.15) is 0 Å². The lowest BCUT2D eigenvalue weighted by Gasteiger charge is -2.19. The van der Waals surface area contributed by atoms with Gasteiger partial charge in [-0.2, -0.15) is 0 Å². The third-order valence-corrected chi connectivity index (χ3v) is 4.50.